The third kappa shape index (κ3) is 4.21. The minimum Gasteiger partial charge on any atom is -0.339 e. The van der Waals surface area contributed by atoms with E-state index in [1.165, 1.54) is 0 Å². The number of carbonyl (C=O) groups is 1. The molecule has 0 spiro atoms. The molecule has 0 bridgehead atoms. The van der Waals surface area contributed by atoms with Crippen LogP contribution in [0.25, 0.3) is 0 Å². The Morgan fingerprint density at radius 3 is 2.27 bits per heavy atom. The topological polar surface area (TPSA) is 75.4 Å². The van der Waals surface area contributed by atoms with Crippen LogP contribution in [-0.2, 0) is 4.79 Å². The molecule has 1 amide bonds. The van der Waals surface area contributed by atoms with E-state index in [9.17, 15) is 4.79 Å². The Morgan fingerprint density at radius 1 is 1.09 bits per heavy atom. The second-order valence-corrected chi connectivity index (χ2v) is 5.63. The summed E-state index contributed by atoms with van der Waals surface area (Å²) >= 11 is 0. The molecule has 1 aliphatic carbocycles. The first-order chi connectivity index (χ1) is 9.74. The summed E-state index contributed by atoms with van der Waals surface area (Å²) in [7, 11) is 0. The fraction of sp³-hybridized carbons (Fsp3) is 0.643. The molecular weight excluding hydrogens is 325 g/mol. The van der Waals surface area contributed by atoms with E-state index in [-0.39, 0.29) is 42.7 Å². The molecule has 1 aromatic heterocycles. The quantitative estimate of drug-likeness (QED) is 0.866. The zero-order valence-electron chi connectivity index (χ0n) is 12.4. The van der Waals surface area contributed by atoms with Gasteiger partial charge < -0.3 is 15.5 Å². The highest BCUT2D eigenvalue weighted by molar-refractivity contribution is 5.85. The number of amides is 1. The first-order valence-corrected chi connectivity index (χ1v) is 7.30. The lowest BCUT2D eigenvalue weighted by molar-refractivity contribution is -0.135. The largest absolute Gasteiger partial charge is 0.339 e. The molecule has 2 heterocycles. The number of hydrogen-bond acceptors (Lipinski definition) is 5. The summed E-state index contributed by atoms with van der Waals surface area (Å²) in [6.07, 6.45) is 6.27. The van der Waals surface area contributed by atoms with Gasteiger partial charge in [0.25, 0.3) is 0 Å². The SMILES string of the molecule is Cl.Cl.NC1CCC(C(=O)N2CCN(c3ncccn3)CC2)C1. The second-order valence-electron chi connectivity index (χ2n) is 5.63. The lowest BCUT2D eigenvalue weighted by Crippen LogP contribution is -2.50. The molecule has 0 radical (unpaired) electrons. The summed E-state index contributed by atoms with van der Waals surface area (Å²) in [5, 5.41) is 0. The van der Waals surface area contributed by atoms with Gasteiger partial charge in [0.05, 0.1) is 0 Å². The Morgan fingerprint density at radius 2 is 1.73 bits per heavy atom. The Labute approximate surface area is 143 Å². The van der Waals surface area contributed by atoms with Gasteiger partial charge in [-0.1, -0.05) is 0 Å². The van der Waals surface area contributed by atoms with Crippen molar-refractivity contribution in [2.24, 2.45) is 11.7 Å². The van der Waals surface area contributed by atoms with Crippen molar-refractivity contribution in [2.75, 3.05) is 31.1 Å². The number of halogens is 2. The maximum absolute atomic E-state index is 12.4. The van der Waals surface area contributed by atoms with E-state index in [1.54, 1.807) is 12.4 Å². The average molecular weight is 348 g/mol. The Kier molecular flexibility index (Phi) is 7.32. The van der Waals surface area contributed by atoms with Gasteiger partial charge in [-0.2, -0.15) is 0 Å². The maximum atomic E-state index is 12.4. The third-order valence-electron chi connectivity index (χ3n) is 4.25. The van der Waals surface area contributed by atoms with Crippen molar-refractivity contribution < 1.29 is 4.79 Å². The van der Waals surface area contributed by atoms with E-state index in [4.69, 9.17) is 5.73 Å². The van der Waals surface area contributed by atoms with Gasteiger partial charge in [0.2, 0.25) is 11.9 Å². The molecule has 1 saturated carbocycles. The summed E-state index contributed by atoms with van der Waals surface area (Å²) < 4.78 is 0. The zero-order chi connectivity index (χ0) is 13.9. The number of carbonyl (C=O) groups excluding carboxylic acids is 1. The minimum atomic E-state index is 0. The van der Waals surface area contributed by atoms with Gasteiger partial charge in [-0.05, 0) is 25.3 Å². The van der Waals surface area contributed by atoms with Crippen LogP contribution in [0, 0.1) is 5.92 Å². The fourth-order valence-electron chi connectivity index (χ4n) is 3.08. The molecule has 6 nitrogen and oxygen atoms in total. The average Bonchev–Trinajstić information content (AvgIpc) is 2.94. The first-order valence-electron chi connectivity index (χ1n) is 7.30. The Bertz CT molecular complexity index is 468. The lowest BCUT2D eigenvalue weighted by atomic mass is 10.1. The highest BCUT2D eigenvalue weighted by Crippen LogP contribution is 2.26. The molecular formula is C14H23Cl2N5O. The van der Waals surface area contributed by atoms with E-state index < -0.39 is 0 Å². The third-order valence-corrected chi connectivity index (χ3v) is 4.25. The van der Waals surface area contributed by atoms with E-state index in [0.29, 0.717) is 0 Å². The van der Waals surface area contributed by atoms with Gasteiger partial charge in [0.1, 0.15) is 0 Å². The van der Waals surface area contributed by atoms with Crippen LogP contribution in [0.15, 0.2) is 18.5 Å². The van der Waals surface area contributed by atoms with Crippen LogP contribution < -0.4 is 10.6 Å². The van der Waals surface area contributed by atoms with Crippen LogP contribution in [0.5, 0.6) is 0 Å². The van der Waals surface area contributed by atoms with Crippen molar-refractivity contribution in [3.63, 3.8) is 0 Å². The van der Waals surface area contributed by atoms with Gasteiger partial charge in [0, 0.05) is 50.5 Å². The van der Waals surface area contributed by atoms with Crippen LogP contribution >= 0.6 is 24.8 Å². The molecule has 1 aromatic rings. The second kappa shape index (κ2) is 8.50. The number of hydrogen-bond donors (Lipinski definition) is 1. The highest BCUT2D eigenvalue weighted by Gasteiger charge is 2.32. The Balaban J connectivity index is 0.00000121. The predicted octanol–water partition coefficient (Wildman–Crippen LogP) is 1.10. The van der Waals surface area contributed by atoms with Gasteiger partial charge >= 0.3 is 0 Å². The standard InChI is InChI=1S/C14H21N5O.2ClH/c15-12-3-2-11(10-12)13(20)18-6-8-19(9-7-18)14-16-4-1-5-17-14;;/h1,4-5,11-12H,2-3,6-10,15H2;2*1H. The molecule has 22 heavy (non-hydrogen) atoms. The van der Waals surface area contributed by atoms with Gasteiger partial charge in [-0.15, -0.1) is 24.8 Å². The van der Waals surface area contributed by atoms with Crippen molar-refractivity contribution in [3.05, 3.63) is 18.5 Å². The monoisotopic (exact) mass is 347 g/mol. The maximum Gasteiger partial charge on any atom is 0.225 e. The van der Waals surface area contributed by atoms with E-state index >= 15 is 0 Å². The molecule has 3 rings (SSSR count). The molecule has 2 N–H and O–H groups in total. The number of nitrogens with two attached hydrogens (primary N) is 1. The molecule has 2 unspecified atom stereocenters. The van der Waals surface area contributed by atoms with Gasteiger partial charge in [0.15, 0.2) is 0 Å². The molecule has 2 fully saturated rings. The van der Waals surface area contributed by atoms with Gasteiger partial charge in [-0.25, -0.2) is 9.97 Å². The van der Waals surface area contributed by atoms with E-state index in [1.807, 2.05) is 11.0 Å². The van der Waals surface area contributed by atoms with Crippen LogP contribution in [0.4, 0.5) is 5.95 Å². The smallest absolute Gasteiger partial charge is 0.225 e. The summed E-state index contributed by atoms with van der Waals surface area (Å²) in [6.45, 7) is 3.11. The minimum absolute atomic E-state index is 0. The lowest BCUT2D eigenvalue weighted by Gasteiger charge is -2.35. The molecule has 8 heteroatoms. The number of piperazine rings is 1. The number of anilines is 1. The molecule has 124 valence electrons. The van der Waals surface area contributed by atoms with E-state index in [0.717, 1.165) is 51.4 Å². The number of nitrogens with zero attached hydrogens (tertiary/aromatic N) is 4. The summed E-state index contributed by atoms with van der Waals surface area (Å²) in [6, 6.07) is 2.02. The number of rotatable bonds is 2. The first kappa shape index (κ1) is 18.9. The summed E-state index contributed by atoms with van der Waals surface area (Å²) in [5.74, 6) is 1.18. The van der Waals surface area contributed by atoms with Crippen molar-refractivity contribution in [1.29, 1.82) is 0 Å². The molecule has 1 saturated heterocycles. The Hall–Kier alpha value is -1.11. The van der Waals surface area contributed by atoms with E-state index in [2.05, 4.69) is 14.9 Å². The van der Waals surface area contributed by atoms with Crippen LogP contribution in [-0.4, -0.2) is 53.0 Å². The fourth-order valence-corrected chi connectivity index (χ4v) is 3.08. The van der Waals surface area contributed by atoms with Gasteiger partial charge in [-0.3, -0.25) is 4.79 Å². The zero-order valence-corrected chi connectivity index (χ0v) is 14.1. The van der Waals surface area contributed by atoms with Crippen LogP contribution in [0.2, 0.25) is 0 Å². The van der Waals surface area contributed by atoms with Crippen molar-refractivity contribution in [3.8, 4) is 0 Å². The van der Waals surface area contributed by atoms with Crippen molar-refractivity contribution in [2.45, 2.75) is 25.3 Å². The molecule has 1 aliphatic heterocycles. The summed E-state index contributed by atoms with van der Waals surface area (Å²) in [5.41, 5.74) is 5.90. The highest BCUT2D eigenvalue weighted by atomic mass is 35.5. The summed E-state index contributed by atoms with van der Waals surface area (Å²) in [4.78, 5) is 25.0. The predicted molar refractivity (Wildman–Crippen MR) is 90.6 cm³/mol. The molecule has 2 aliphatic rings. The van der Waals surface area contributed by atoms with Crippen molar-refractivity contribution in [1.82, 2.24) is 14.9 Å². The van der Waals surface area contributed by atoms with Crippen LogP contribution in [0.1, 0.15) is 19.3 Å². The normalized spacial score (nSPS) is 24.4. The molecule has 0 aromatic carbocycles. The van der Waals surface area contributed by atoms with Crippen molar-refractivity contribution >= 4 is 36.7 Å². The molecule has 2 atom stereocenters. The number of aromatic nitrogens is 2. The van der Waals surface area contributed by atoms with Crippen LogP contribution in [0.3, 0.4) is 0 Å².